The SMILES string of the molecule is COC(=O)c1ccc(N2C(=O)/C(=C/c3ccc(Cl)c([N+](=O)[O-])c3)SC2=S)cc1. The molecule has 0 N–H and O–H groups in total. The van der Waals surface area contributed by atoms with Crippen LogP contribution >= 0.6 is 35.6 Å². The number of amides is 1. The molecular weight excluding hydrogens is 424 g/mol. The number of carbonyl (C=O) groups excluding carboxylic acids is 2. The van der Waals surface area contributed by atoms with Crippen molar-refractivity contribution in [1.82, 2.24) is 0 Å². The molecular formula is C18H11ClN2O5S2. The third kappa shape index (κ3) is 3.91. The van der Waals surface area contributed by atoms with Gasteiger partial charge in [0.25, 0.3) is 11.6 Å². The third-order valence-electron chi connectivity index (χ3n) is 3.80. The standard InChI is InChI=1S/C18H11ClN2O5S2/c1-26-17(23)11-3-5-12(6-4-11)20-16(22)15(28-18(20)27)9-10-2-7-13(19)14(8-10)21(24)25/h2-9H,1H3/b15-9-. The van der Waals surface area contributed by atoms with Gasteiger partial charge < -0.3 is 4.74 Å². The first-order valence-corrected chi connectivity index (χ1v) is 9.32. The number of thioether (sulfide) groups is 1. The van der Waals surface area contributed by atoms with Crippen LogP contribution in [0.1, 0.15) is 15.9 Å². The summed E-state index contributed by atoms with van der Waals surface area (Å²) in [5.41, 5.74) is 1.06. The number of nitrogens with zero attached hydrogens (tertiary/aromatic N) is 2. The number of hydrogen-bond donors (Lipinski definition) is 0. The topological polar surface area (TPSA) is 89.8 Å². The minimum Gasteiger partial charge on any atom is -0.465 e. The lowest BCUT2D eigenvalue weighted by Gasteiger charge is -2.14. The van der Waals surface area contributed by atoms with Crippen LogP contribution in [0.4, 0.5) is 11.4 Å². The summed E-state index contributed by atoms with van der Waals surface area (Å²) in [6, 6.07) is 10.5. The fourth-order valence-electron chi connectivity index (χ4n) is 2.47. The van der Waals surface area contributed by atoms with Gasteiger partial charge in [0.2, 0.25) is 0 Å². The Bertz CT molecular complexity index is 1040. The van der Waals surface area contributed by atoms with E-state index in [4.69, 9.17) is 23.8 Å². The molecule has 0 bridgehead atoms. The predicted molar refractivity (Wildman–Crippen MR) is 112 cm³/mol. The number of halogens is 1. The van der Waals surface area contributed by atoms with Crippen molar-refractivity contribution >= 4 is 69.2 Å². The molecule has 0 aliphatic carbocycles. The fourth-order valence-corrected chi connectivity index (χ4v) is 3.95. The van der Waals surface area contributed by atoms with Crippen LogP contribution in [-0.2, 0) is 9.53 Å². The molecule has 28 heavy (non-hydrogen) atoms. The van der Waals surface area contributed by atoms with Gasteiger partial charge in [-0.25, -0.2) is 4.79 Å². The molecule has 2 aromatic carbocycles. The van der Waals surface area contributed by atoms with E-state index in [1.807, 2.05) is 0 Å². The van der Waals surface area contributed by atoms with Crippen LogP contribution in [0.5, 0.6) is 0 Å². The molecule has 7 nitrogen and oxygen atoms in total. The zero-order chi connectivity index (χ0) is 20.4. The summed E-state index contributed by atoms with van der Waals surface area (Å²) in [6.07, 6.45) is 1.52. The third-order valence-corrected chi connectivity index (χ3v) is 5.43. The van der Waals surface area contributed by atoms with Crippen molar-refractivity contribution in [1.29, 1.82) is 0 Å². The molecule has 2 aromatic rings. The molecule has 0 spiro atoms. The Labute approximate surface area is 174 Å². The summed E-state index contributed by atoms with van der Waals surface area (Å²) < 4.78 is 4.96. The van der Waals surface area contributed by atoms with Crippen molar-refractivity contribution in [2.45, 2.75) is 0 Å². The summed E-state index contributed by atoms with van der Waals surface area (Å²) >= 11 is 12.2. The number of nitro benzene ring substituents is 1. The number of benzene rings is 2. The molecule has 10 heteroatoms. The van der Waals surface area contributed by atoms with E-state index >= 15 is 0 Å². The maximum absolute atomic E-state index is 12.8. The molecule has 142 valence electrons. The number of carbonyl (C=O) groups is 2. The smallest absolute Gasteiger partial charge is 0.337 e. The monoisotopic (exact) mass is 434 g/mol. The van der Waals surface area contributed by atoms with Crippen LogP contribution in [0.15, 0.2) is 47.4 Å². The van der Waals surface area contributed by atoms with Crippen LogP contribution in [-0.4, -0.2) is 28.2 Å². The highest BCUT2D eigenvalue weighted by Crippen LogP contribution is 2.37. The van der Waals surface area contributed by atoms with Crippen molar-refractivity contribution in [2.75, 3.05) is 12.0 Å². The Balaban J connectivity index is 1.89. The first kappa shape index (κ1) is 20.0. The Morgan fingerprint density at radius 3 is 2.57 bits per heavy atom. The van der Waals surface area contributed by atoms with Crippen molar-refractivity contribution in [3.8, 4) is 0 Å². The minimum atomic E-state index is -0.590. The Kier molecular flexibility index (Phi) is 5.78. The summed E-state index contributed by atoms with van der Waals surface area (Å²) in [5.74, 6) is -0.848. The van der Waals surface area contributed by atoms with Gasteiger partial charge in [-0.1, -0.05) is 41.6 Å². The number of rotatable bonds is 4. The highest BCUT2D eigenvalue weighted by molar-refractivity contribution is 8.27. The number of methoxy groups -OCH3 is 1. The summed E-state index contributed by atoms with van der Waals surface area (Å²) in [6.45, 7) is 0. The van der Waals surface area contributed by atoms with Gasteiger partial charge in [-0.2, -0.15) is 0 Å². The number of anilines is 1. The lowest BCUT2D eigenvalue weighted by Crippen LogP contribution is -2.27. The number of ether oxygens (including phenoxy) is 1. The molecule has 1 heterocycles. The summed E-state index contributed by atoms with van der Waals surface area (Å²) in [5, 5.41) is 11.0. The van der Waals surface area contributed by atoms with Crippen LogP contribution < -0.4 is 4.90 Å². The van der Waals surface area contributed by atoms with Gasteiger partial charge in [-0.3, -0.25) is 19.8 Å². The van der Waals surface area contributed by atoms with Crippen LogP contribution in [0.2, 0.25) is 5.02 Å². The van der Waals surface area contributed by atoms with Gasteiger partial charge in [0.1, 0.15) is 5.02 Å². The van der Waals surface area contributed by atoms with E-state index in [0.29, 0.717) is 26.0 Å². The Hall–Kier alpha value is -2.75. The van der Waals surface area contributed by atoms with E-state index < -0.39 is 10.9 Å². The molecule has 1 amide bonds. The maximum atomic E-state index is 12.8. The van der Waals surface area contributed by atoms with Crippen molar-refractivity contribution in [2.24, 2.45) is 0 Å². The Morgan fingerprint density at radius 1 is 1.29 bits per heavy atom. The summed E-state index contributed by atoms with van der Waals surface area (Å²) in [4.78, 5) is 36.4. The predicted octanol–water partition coefficient (Wildman–Crippen LogP) is 4.44. The average molecular weight is 435 g/mol. The zero-order valence-corrected chi connectivity index (χ0v) is 16.6. The summed E-state index contributed by atoms with van der Waals surface area (Å²) in [7, 11) is 1.28. The second-order valence-electron chi connectivity index (χ2n) is 5.52. The zero-order valence-electron chi connectivity index (χ0n) is 14.2. The second kappa shape index (κ2) is 8.09. The van der Waals surface area contributed by atoms with Crippen LogP contribution in [0, 0.1) is 10.1 Å². The highest BCUT2D eigenvalue weighted by Gasteiger charge is 2.33. The molecule has 0 aromatic heterocycles. The second-order valence-corrected chi connectivity index (χ2v) is 7.61. The lowest BCUT2D eigenvalue weighted by molar-refractivity contribution is -0.384. The normalized spacial score (nSPS) is 15.2. The van der Waals surface area contributed by atoms with Gasteiger partial charge in [0, 0.05) is 6.07 Å². The van der Waals surface area contributed by atoms with E-state index in [1.165, 1.54) is 42.4 Å². The fraction of sp³-hybridized carbons (Fsp3) is 0.0556. The van der Waals surface area contributed by atoms with Crippen molar-refractivity contribution in [3.63, 3.8) is 0 Å². The number of thiocarbonyl (C=S) groups is 1. The van der Waals surface area contributed by atoms with E-state index in [0.717, 1.165) is 11.8 Å². The molecule has 1 fully saturated rings. The van der Waals surface area contributed by atoms with Crippen LogP contribution in [0.25, 0.3) is 6.08 Å². The minimum absolute atomic E-state index is 0.0143. The molecule has 0 atom stereocenters. The average Bonchev–Trinajstić information content (AvgIpc) is 2.95. The lowest BCUT2D eigenvalue weighted by atomic mass is 10.1. The molecule has 3 rings (SSSR count). The van der Waals surface area contributed by atoms with E-state index in [1.54, 1.807) is 18.2 Å². The number of esters is 1. The molecule has 1 aliphatic heterocycles. The maximum Gasteiger partial charge on any atom is 0.337 e. The highest BCUT2D eigenvalue weighted by atomic mass is 35.5. The van der Waals surface area contributed by atoms with Gasteiger partial charge in [-0.15, -0.1) is 0 Å². The largest absolute Gasteiger partial charge is 0.465 e. The van der Waals surface area contributed by atoms with Gasteiger partial charge >= 0.3 is 5.97 Å². The number of hydrogen-bond acceptors (Lipinski definition) is 7. The van der Waals surface area contributed by atoms with Crippen LogP contribution in [0.3, 0.4) is 0 Å². The molecule has 0 radical (unpaired) electrons. The number of nitro groups is 1. The van der Waals surface area contributed by atoms with Crippen molar-refractivity contribution in [3.05, 3.63) is 73.6 Å². The van der Waals surface area contributed by atoms with Gasteiger partial charge in [0.05, 0.1) is 28.2 Å². The van der Waals surface area contributed by atoms with Gasteiger partial charge in [0.15, 0.2) is 4.32 Å². The van der Waals surface area contributed by atoms with E-state index in [9.17, 15) is 19.7 Å². The van der Waals surface area contributed by atoms with Gasteiger partial charge in [-0.05, 0) is 42.0 Å². The first-order chi connectivity index (χ1) is 13.3. The molecule has 1 aliphatic rings. The first-order valence-electron chi connectivity index (χ1n) is 7.72. The van der Waals surface area contributed by atoms with Crippen molar-refractivity contribution < 1.29 is 19.2 Å². The Morgan fingerprint density at radius 2 is 1.96 bits per heavy atom. The molecule has 0 unspecified atom stereocenters. The molecule has 0 saturated carbocycles. The quantitative estimate of drug-likeness (QED) is 0.231. The van der Waals surface area contributed by atoms with E-state index in [-0.39, 0.29) is 16.6 Å². The van der Waals surface area contributed by atoms with E-state index in [2.05, 4.69) is 4.74 Å². The molecule has 1 saturated heterocycles.